The van der Waals surface area contributed by atoms with Gasteiger partial charge in [-0.05, 0) is 30.3 Å². The third kappa shape index (κ3) is 3.95. The van der Waals surface area contributed by atoms with Crippen LogP contribution in [0.5, 0.6) is 5.75 Å². The van der Waals surface area contributed by atoms with Crippen molar-refractivity contribution in [1.29, 1.82) is 0 Å². The van der Waals surface area contributed by atoms with Crippen molar-refractivity contribution in [3.8, 4) is 5.75 Å². The topological polar surface area (TPSA) is 75.6 Å². The molecule has 22 heavy (non-hydrogen) atoms. The van der Waals surface area contributed by atoms with Crippen LogP contribution in [0.2, 0.25) is 5.02 Å². The maximum Gasteiger partial charge on any atom is 0.342 e. The summed E-state index contributed by atoms with van der Waals surface area (Å²) in [4.78, 5) is 23.3. The maximum atomic E-state index is 13.0. The second-order valence-corrected chi connectivity index (χ2v) is 4.68. The number of benzene rings is 2. The highest BCUT2D eigenvalue weighted by Gasteiger charge is 2.14. The Bertz CT molecular complexity index is 720. The molecule has 2 aromatic carbocycles. The number of hydrogen-bond donors (Lipinski definition) is 2. The Morgan fingerprint density at radius 1 is 1.23 bits per heavy atom. The van der Waals surface area contributed by atoms with Crippen LogP contribution in [0, 0.1) is 5.82 Å². The molecule has 5 nitrogen and oxygen atoms in total. The molecule has 0 aliphatic carbocycles. The zero-order valence-electron chi connectivity index (χ0n) is 11.2. The highest BCUT2D eigenvalue weighted by atomic mass is 35.5. The first-order chi connectivity index (χ1) is 10.5. The lowest BCUT2D eigenvalue weighted by molar-refractivity contribution is -0.119. The number of phenolic OH excluding ortho intramolecular Hbond substituents is 1. The fourth-order valence-electron chi connectivity index (χ4n) is 1.63. The second-order valence-electron chi connectivity index (χ2n) is 4.27. The fourth-order valence-corrected chi connectivity index (χ4v) is 1.81. The lowest BCUT2D eigenvalue weighted by atomic mass is 10.2. The van der Waals surface area contributed by atoms with Crippen molar-refractivity contribution >= 4 is 29.2 Å². The van der Waals surface area contributed by atoms with E-state index in [1.54, 1.807) is 12.1 Å². The molecule has 0 unspecified atom stereocenters. The molecule has 0 atom stereocenters. The Hall–Kier alpha value is -2.60. The molecule has 0 fully saturated rings. The molecule has 2 N–H and O–H groups in total. The van der Waals surface area contributed by atoms with E-state index >= 15 is 0 Å². The van der Waals surface area contributed by atoms with Gasteiger partial charge in [0.25, 0.3) is 5.91 Å². The number of halogens is 2. The van der Waals surface area contributed by atoms with Crippen LogP contribution in [0.4, 0.5) is 10.1 Å². The number of carbonyl (C=O) groups is 2. The van der Waals surface area contributed by atoms with Crippen LogP contribution in [0.3, 0.4) is 0 Å². The van der Waals surface area contributed by atoms with Crippen molar-refractivity contribution in [2.75, 3.05) is 11.9 Å². The molecule has 0 heterocycles. The van der Waals surface area contributed by atoms with Gasteiger partial charge < -0.3 is 15.2 Å². The Morgan fingerprint density at radius 3 is 2.64 bits per heavy atom. The van der Waals surface area contributed by atoms with Crippen LogP contribution >= 0.6 is 11.6 Å². The molecule has 114 valence electrons. The molecule has 0 saturated carbocycles. The summed E-state index contributed by atoms with van der Waals surface area (Å²) in [7, 11) is 0. The monoisotopic (exact) mass is 323 g/mol. The van der Waals surface area contributed by atoms with Gasteiger partial charge in [-0.15, -0.1) is 0 Å². The number of hydrogen-bond acceptors (Lipinski definition) is 4. The van der Waals surface area contributed by atoms with Gasteiger partial charge in [-0.2, -0.15) is 0 Å². The largest absolute Gasteiger partial charge is 0.507 e. The van der Waals surface area contributed by atoms with Gasteiger partial charge in [-0.3, -0.25) is 4.79 Å². The molecule has 1 amide bonds. The van der Waals surface area contributed by atoms with Crippen LogP contribution in [-0.4, -0.2) is 23.6 Å². The first-order valence-electron chi connectivity index (χ1n) is 6.17. The van der Waals surface area contributed by atoms with E-state index in [2.05, 4.69) is 5.32 Å². The van der Waals surface area contributed by atoms with Gasteiger partial charge >= 0.3 is 5.97 Å². The minimum atomic E-state index is -0.828. The summed E-state index contributed by atoms with van der Waals surface area (Å²) in [6.07, 6.45) is 0. The molecule has 7 heteroatoms. The quantitative estimate of drug-likeness (QED) is 0.848. The van der Waals surface area contributed by atoms with Crippen LogP contribution in [0.15, 0.2) is 42.5 Å². The van der Waals surface area contributed by atoms with Crippen molar-refractivity contribution in [2.24, 2.45) is 0 Å². The molecule has 0 spiro atoms. The Morgan fingerprint density at radius 2 is 1.95 bits per heavy atom. The van der Waals surface area contributed by atoms with Crippen LogP contribution in [0.25, 0.3) is 0 Å². The zero-order valence-corrected chi connectivity index (χ0v) is 11.9. The van der Waals surface area contributed by atoms with E-state index in [1.165, 1.54) is 24.3 Å². The summed E-state index contributed by atoms with van der Waals surface area (Å²) in [5, 5.41) is 11.8. The molecule has 0 aliphatic rings. The highest BCUT2D eigenvalue weighted by molar-refractivity contribution is 6.31. The summed E-state index contributed by atoms with van der Waals surface area (Å²) in [6, 6.07) is 9.47. The first-order valence-corrected chi connectivity index (χ1v) is 6.55. The van der Waals surface area contributed by atoms with E-state index in [9.17, 15) is 19.1 Å². The van der Waals surface area contributed by atoms with Crippen molar-refractivity contribution in [3.05, 3.63) is 58.9 Å². The van der Waals surface area contributed by atoms with Gasteiger partial charge in [0.05, 0.1) is 5.02 Å². The number of aromatic hydroxyl groups is 1. The lowest BCUT2D eigenvalue weighted by Crippen LogP contribution is -2.21. The molecular weight excluding hydrogens is 313 g/mol. The van der Waals surface area contributed by atoms with E-state index < -0.39 is 24.3 Å². The first kappa shape index (κ1) is 15.8. The van der Waals surface area contributed by atoms with E-state index in [0.29, 0.717) is 0 Å². The molecule has 0 aliphatic heterocycles. The summed E-state index contributed by atoms with van der Waals surface area (Å²) in [5.41, 5.74) is 0.232. The third-order valence-corrected chi connectivity index (χ3v) is 2.95. The summed E-state index contributed by atoms with van der Waals surface area (Å²) >= 11 is 5.58. The minimum absolute atomic E-state index is 0.0415. The van der Waals surface area contributed by atoms with Crippen LogP contribution < -0.4 is 5.32 Å². The highest BCUT2D eigenvalue weighted by Crippen LogP contribution is 2.19. The summed E-state index contributed by atoms with van der Waals surface area (Å²) in [5.74, 6) is -2.29. The average molecular weight is 324 g/mol. The number of esters is 1. The van der Waals surface area contributed by atoms with Gasteiger partial charge in [0, 0.05) is 5.69 Å². The van der Waals surface area contributed by atoms with Gasteiger partial charge in [-0.25, -0.2) is 9.18 Å². The van der Waals surface area contributed by atoms with Gasteiger partial charge in [0.15, 0.2) is 6.61 Å². The van der Waals surface area contributed by atoms with Crippen molar-refractivity contribution in [2.45, 2.75) is 0 Å². The SMILES string of the molecule is O=C(COC(=O)c1ccccc1O)Nc1ccc(F)c(Cl)c1. The molecule has 0 bridgehead atoms. The van der Waals surface area contributed by atoms with E-state index in [4.69, 9.17) is 16.3 Å². The number of para-hydroxylation sites is 1. The molecule has 2 aromatic rings. The van der Waals surface area contributed by atoms with Crippen molar-refractivity contribution in [1.82, 2.24) is 0 Å². The van der Waals surface area contributed by atoms with Crippen molar-refractivity contribution < 1.29 is 23.8 Å². The zero-order chi connectivity index (χ0) is 16.1. The number of amides is 1. The number of phenols is 1. The number of ether oxygens (including phenoxy) is 1. The van der Waals surface area contributed by atoms with Crippen molar-refractivity contribution in [3.63, 3.8) is 0 Å². The van der Waals surface area contributed by atoms with Gasteiger partial charge in [0.1, 0.15) is 17.1 Å². The molecule has 0 saturated heterocycles. The molecule has 2 rings (SSSR count). The number of carbonyl (C=O) groups excluding carboxylic acids is 2. The second kappa shape index (κ2) is 6.91. The standard InChI is InChI=1S/C15H11ClFNO4/c16-11-7-9(5-6-12(11)17)18-14(20)8-22-15(21)10-3-1-2-4-13(10)19/h1-7,19H,8H2,(H,18,20). The minimum Gasteiger partial charge on any atom is -0.507 e. The van der Waals surface area contributed by atoms with Crippen LogP contribution in [0.1, 0.15) is 10.4 Å². The Balaban J connectivity index is 1.91. The van der Waals surface area contributed by atoms with Gasteiger partial charge in [-0.1, -0.05) is 23.7 Å². The molecule has 0 aromatic heterocycles. The van der Waals surface area contributed by atoms with Gasteiger partial charge in [0.2, 0.25) is 0 Å². The smallest absolute Gasteiger partial charge is 0.342 e. The average Bonchev–Trinajstić information content (AvgIpc) is 2.49. The number of rotatable bonds is 4. The van der Waals surface area contributed by atoms with Crippen LogP contribution in [-0.2, 0) is 9.53 Å². The fraction of sp³-hybridized carbons (Fsp3) is 0.0667. The van der Waals surface area contributed by atoms with E-state index in [1.807, 2.05) is 0 Å². The normalized spacial score (nSPS) is 10.1. The molecule has 0 radical (unpaired) electrons. The number of nitrogens with one attached hydrogen (secondary N) is 1. The lowest BCUT2D eigenvalue weighted by Gasteiger charge is -2.08. The Kier molecular flexibility index (Phi) is 4.95. The van der Waals surface area contributed by atoms with E-state index in [0.717, 1.165) is 6.07 Å². The Labute approximate surface area is 130 Å². The maximum absolute atomic E-state index is 13.0. The third-order valence-electron chi connectivity index (χ3n) is 2.66. The summed E-state index contributed by atoms with van der Waals surface area (Å²) in [6.45, 7) is -0.553. The predicted molar refractivity (Wildman–Crippen MR) is 78.4 cm³/mol. The number of anilines is 1. The molecular formula is C15H11ClFNO4. The van der Waals surface area contributed by atoms with E-state index in [-0.39, 0.29) is 22.0 Å². The summed E-state index contributed by atoms with van der Waals surface area (Å²) < 4.78 is 17.8. The predicted octanol–water partition coefficient (Wildman–Crippen LogP) is 2.98.